The van der Waals surface area contributed by atoms with E-state index in [9.17, 15) is 0 Å². The Morgan fingerprint density at radius 2 is 1.72 bits per heavy atom. The van der Waals surface area contributed by atoms with Gasteiger partial charge in [-0.3, -0.25) is 0 Å². The zero-order chi connectivity index (χ0) is 20.1. The van der Waals surface area contributed by atoms with Gasteiger partial charge in [-0.2, -0.15) is 0 Å². The summed E-state index contributed by atoms with van der Waals surface area (Å²) in [5, 5.41) is 0. The second kappa shape index (κ2) is 8.78. The molecule has 0 spiro atoms. The summed E-state index contributed by atoms with van der Waals surface area (Å²) in [7, 11) is 0. The lowest BCUT2D eigenvalue weighted by Gasteiger charge is -2.13. The average Bonchev–Trinajstić information content (AvgIpc) is 3.11. The minimum absolute atomic E-state index is 0.661. The summed E-state index contributed by atoms with van der Waals surface area (Å²) in [5.74, 6) is 1.97. The zero-order valence-electron chi connectivity index (χ0n) is 16.8. The molecule has 0 N–H and O–H groups in total. The molecule has 0 amide bonds. The molecule has 0 aliphatic rings. The lowest BCUT2D eigenvalue weighted by Crippen LogP contribution is -2.07. The van der Waals surface area contributed by atoms with Gasteiger partial charge in [-0.1, -0.05) is 60.7 Å². The Labute approximate surface area is 172 Å². The van der Waals surface area contributed by atoms with Crippen LogP contribution in [0.4, 0.5) is 0 Å². The van der Waals surface area contributed by atoms with Crippen LogP contribution >= 0.6 is 0 Å². The van der Waals surface area contributed by atoms with Crippen LogP contribution in [0.5, 0.6) is 5.75 Å². The molecule has 4 aromatic rings. The monoisotopic (exact) mass is 382 g/mol. The first-order chi connectivity index (χ1) is 14.3. The molecule has 1 heterocycles. The van der Waals surface area contributed by atoms with Gasteiger partial charge in [0.15, 0.2) is 0 Å². The van der Waals surface area contributed by atoms with E-state index in [-0.39, 0.29) is 0 Å². The van der Waals surface area contributed by atoms with Gasteiger partial charge in [0.1, 0.15) is 11.6 Å². The standard InChI is InChI=1S/C26H26N2O/c1-3-11-21-13-5-9-17-25(21)29-19-10-18-28-24-16-8-7-15-23(24)27-26(28)22-14-6-4-12-20(22)2/h3-9,12-17H,1,10-11,18-19H2,2H3. The van der Waals surface area contributed by atoms with Crippen molar-refractivity contribution in [3.63, 3.8) is 0 Å². The minimum atomic E-state index is 0.661. The van der Waals surface area contributed by atoms with Crippen molar-refractivity contribution in [2.24, 2.45) is 0 Å². The van der Waals surface area contributed by atoms with Crippen molar-refractivity contribution in [2.75, 3.05) is 6.61 Å². The van der Waals surface area contributed by atoms with Gasteiger partial charge in [-0.15, -0.1) is 6.58 Å². The van der Waals surface area contributed by atoms with E-state index in [0.29, 0.717) is 6.61 Å². The number of hydrogen-bond donors (Lipinski definition) is 0. The Balaban J connectivity index is 1.55. The fourth-order valence-electron chi connectivity index (χ4n) is 3.70. The predicted molar refractivity (Wildman–Crippen MR) is 120 cm³/mol. The summed E-state index contributed by atoms with van der Waals surface area (Å²) >= 11 is 0. The van der Waals surface area contributed by atoms with Crippen molar-refractivity contribution < 1.29 is 4.74 Å². The highest BCUT2D eigenvalue weighted by atomic mass is 16.5. The molecule has 3 heteroatoms. The number of benzene rings is 3. The molecule has 0 aliphatic heterocycles. The average molecular weight is 383 g/mol. The molecule has 1 aromatic heterocycles. The number of nitrogens with zero attached hydrogens (tertiary/aromatic N) is 2. The van der Waals surface area contributed by atoms with Gasteiger partial charge in [0.2, 0.25) is 0 Å². The van der Waals surface area contributed by atoms with E-state index in [2.05, 4.69) is 66.6 Å². The van der Waals surface area contributed by atoms with Crippen LogP contribution in [0.25, 0.3) is 22.4 Å². The van der Waals surface area contributed by atoms with Crippen molar-refractivity contribution >= 4 is 11.0 Å². The van der Waals surface area contributed by atoms with Gasteiger partial charge in [0.05, 0.1) is 17.6 Å². The summed E-state index contributed by atoms with van der Waals surface area (Å²) < 4.78 is 8.40. The molecule has 0 unspecified atom stereocenters. The molecular formula is C26H26N2O. The van der Waals surface area contributed by atoms with Crippen LogP contribution in [-0.2, 0) is 13.0 Å². The molecule has 0 fully saturated rings. The zero-order valence-corrected chi connectivity index (χ0v) is 16.8. The van der Waals surface area contributed by atoms with Crippen molar-refractivity contribution in [1.82, 2.24) is 9.55 Å². The van der Waals surface area contributed by atoms with Crippen LogP contribution < -0.4 is 4.74 Å². The summed E-state index contributed by atoms with van der Waals surface area (Å²) in [5.41, 5.74) is 5.79. The molecule has 0 saturated carbocycles. The molecule has 4 rings (SSSR count). The number of aromatic nitrogens is 2. The molecule has 0 atom stereocenters. The fraction of sp³-hybridized carbons (Fsp3) is 0.192. The van der Waals surface area contributed by atoms with Gasteiger partial charge in [-0.25, -0.2) is 4.98 Å². The first kappa shape index (κ1) is 19.0. The number of hydrogen-bond acceptors (Lipinski definition) is 2. The van der Waals surface area contributed by atoms with E-state index < -0.39 is 0 Å². The van der Waals surface area contributed by atoms with Crippen molar-refractivity contribution in [3.8, 4) is 17.1 Å². The van der Waals surface area contributed by atoms with Crippen molar-refractivity contribution in [3.05, 3.63) is 96.6 Å². The second-order valence-electron chi connectivity index (χ2n) is 7.19. The number of ether oxygens (including phenoxy) is 1. The van der Waals surface area contributed by atoms with E-state index in [0.717, 1.165) is 42.0 Å². The largest absolute Gasteiger partial charge is 0.493 e. The molecule has 146 valence electrons. The van der Waals surface area contributed by atoms with Gasteiger partial charge >= 0.3 is 0 Å². The third-order valence-corrected chi connectivity index (χ3v) is 5.16. The molecular weight excluding hydrogens is 356 g/mol. The number of rotatable bonds is 8. The van der Waals surface area contributed by atoms with Crippen molar-refractivity contribution in [1.29, 1.82) is 0 Å². The Kier molecular flexibility index (Phi) is 5.76. The van der Waals surface area contributed by atoms with Crippen LogP contribution in [0.1, 0.15) is 17.5 Å². The number of fused-ring (bicyclic) bond motifs is 1. The van der Waals surface area contributed by atoms with Crippen LogP contribution in [0.3, 0.4) is 0 Å². The number of para-hydroxylation sites is 3. The lowest BCUT2D eigenvalue weighted by molar-refractivity contribution is 0.300. The summed E-state index contributed by atoms with van der Waals surface area (Å²) in [6.07, 6.45) is 3.63. The van der Waals surface area contributed by atoms with Gasteiger partial charge < -0.3 is 9.30 Å². The molecule has 3 aromatic carbocycles. The topological polar surface area (TPSA) is 27.1 Å². The van der Waals surface area contributed by atoms with E-state index >= 15 is 0 Å². The first-order valence-corrected chi connectivity index (χ1v) is 10.1. The Morgan fingerprint density at radius 3 is 2.59 bits per heavy atom. The molecule has 0 bridgehead atoms. The maximum atomic E-state index is 6.09. The smallest absolute Gasteiger partial charge is 0.141 e. The van der Waals surface area contributed by atoms with Gasteiger partial charge in [0, 0.05) is 12.1 Å². The summed E-state index contributed by atoms with van der Waals surface area (Å²) in [6.45, 7) is 7.49. The van der Waals surface area contributed by atoms with E-state index in [1.165, 1.54) is 16.7 Å². The summed E-state index contributed by atoms with van der Waals surface area (Å²) in [6, 6.07) is 24.9. The van der Waals surface area contributed by atoms with Crippen LogP contribution in [0.15, 0.2) is 85.5 Å². The maximum absolute atomic E-state index is 6.09. The third-order valence-electron chi connectivity index (χ3n) is 5.16. The molecule has 0 aliphatic carbocycles. The first-order valence-electron chi connectivity index (χ1n) is 10.1. The minimum Gasteiger partial charge on any atom is -0.493 e. The molecule has 0 radical (unpaired) electrons. The molecule has 3 nitrogen and oxygen atoms in total. The van der Waals surface area contributed by atoms with E-state index in [1.807, 2.05) is 30.3 Å². The van der Waals surface area contributed by atoms with Crippen LogP contribution in [0.2, 0.25) is 0 Å². The van der Waals surface area contributed by atoms with E-state index in [1.54, 1.807) is 0 Å². The Morgan fingerprint density at radius 1 is 0.966 bits per heavy atom. The van der Waals surface area contributed by atoms with Gasteiger partial charge in [-0.05, 0) is 49.1 Å². The lowest BCUT2D eigenvalue weighted by atomic mass is 10.1. The Bertz CT molecular complexity index is 1130. The fourth-order valence-corrected chi connectivity index (χ4v) is 3.70. The van der Waals surface area contributed by atoms with E-state index in [4.69, 9.17) is 9.72 Å². The highest BCUT2D eigenvalue weighted by Gasteiger charge is 2.13. The maximum Gasteiger partial charge on any atom is 0.141 e. The Hall–Kier alpha value is -3.33. The predicted octanol–water partition coefficient (Wildman–Crippen LogP) is 6.21. The van der Waals surface area contributed by atoms with Crippen molar-refractivity contribution in [2.45, 2.75) is 26.3 Å². The second-order valence-corrected chi connectivity index (χ2v) is 7.19. The number of imidazole rings is 1. The third kappa shape index (κ3) is 4.09. The highest BCUT2D eigenvalue weighted by Crippen LogP contribution is 2.27. The van der Waals surface area contributed by atoms with Crippen LogP contribution in [0, 0.1) is 6.92 Å². The quantitative estimate of drug-likeness (QED) is 0.268. The van der Waals surface area contributed by atoms with Crippen LogP contribution in [-0.4, -0.2) is 16.2 Å². The SMILES string of the molecule is C=CCc1ccccc1OCCCn1c(-c2ccccc2C)nc2ccccc21. The number of aryl methyl sites for hydroxylation is 2. The van der Waals surface area contributed by atoms with Gasteiger partial charge in [0.25, 0.3) is 0 Å². The molecule has 0 saturated heterocycles. The number of allylic oxidation sites excluding steroid dienone is 1. The normalized spacial score (nSPS) is 10.9. The molecule has 29 heavy (non-hydrogen) atoms. The highest BCUT2D eigenvalue weighted by molar-refractivity contribution is 5.81. The summed E-state index contributed by atoms with van der Waals surface area (Å²) in [4.78, 5) is 4.93.